The van der Waals surface area contributed by atoms with Crippen LogP contribution in [0.5, 0.6) is 0 Å². The molecule has 0 aliphatic carbocycles. The van der Waals surface area contributed by atoms with Gasteiger partial charge in [-0.1, -0.05) is 91.5 Å². The summed E-state index contributed by atoms with van der Waals surface area (Å²) in [5.74, 6) is 0.834. The van der Waals surface area contributed by atoms with Crippen molar-refractivity contribution in [3.8, 4) is 28.3 Å². The largest absolute Gasteiger partial charge is 0.320 e. The van der Waals surface area contributed by atoms with Crippen LogP contribution in [0.2, 0.25) is 0 Å². The highest BCUT2D eigenvalue weighted by molar-refractivity contribution is 7.99. The first-order valence-electron chi connectivity index (χ1n) is 10.5. The third-order valence-electron chi connectivity index (χ3n) is 5.40. The summed E-state index contributed by atoms with van der Waals surface area (Å²) in [6.45, 7) is 4.66. The molecule has 158 valence electrons. The number of thioether (sulfide) groups is 1. The molecule has 0 atom stereocenters. The Balaban J connectivity index is 1.74. The second-order valence-corrected chi connectivity index (χ2v) is 8.63. The summed E-state index contributed by atoms with van der Waals surface area (Å²) in [6.07, 6.45) is 0. The van der Waals surface area contributed by atoms with Crippen LogP contribution in [0.3, 0.4) is 0 Å². The molecule has 0 fully saturated rings. The molecule has 0 spiro atoms. The van der Waals surface area contributed by atoms with Gasteiger partial charge in [0.05, 0.1) is 17.2 Å². The van der Waals surface area contributed by atoms with E-state index in [0.29, 0.717) is 17.7 Å². The van der Waals surface area contributed by atoms with Crippen molar-refractivity contribution in [3.05, 3.63) is 106 Å². The lowest BCUT2D eigenvalue weighted by molar-refractivity contribution is 0.642. The van der Waals surface area contributed by atoms with E-state index in [1.807, 2.05) is 73.7 Å². The SMILES string of the molecule is CCSc1nc(=O)c(-c2ccccc2)c(C)n1Cc1ccc(-c2ccccc2C#N)cc1. The third-order valence-corrected chi connectivity index (χ3v) is 6.26. The van der Waals surface area contributed by atoms with E-state index >= 15 is 0 Å². The van der Waals surface area contributed by atoms with Gasteiger partial charge >= 0.3 is 0 Å². The minimum atomic E-state index is -0.190. The molecule has 1 heterocycles. The molecule has 0 aliphatic heterocycles. The van der Waals surface area contributed by atoms with Crippen molar-refractivity contribution >= 4 is 11.8 Å². The van der Waals surface area contributed by atoms with Gasteiger partial charge in [-0.2, -0.15) is 10.2 Å². The molecule has 0 radical (unpaired) electrons. The van der Waals surface area contributed by atoms with Gasteiger partial charge in [0.1, 0.15) is 0 Å². The monoisotopic (exact) mass is 437 g/mol. The maximum atomic E-state index is 12.8. The molecule has 4 rings (SSSR count). The first kappa shape index (κ1) is 21.6. The first-order valence-corrected chi connectivity index (χ1v) is 11.5. The van der Waals surface area contributed by atoms with Crippen LogP contribution in [-0.2, 0) is 6.54 Å². The van der Waals surface area contributed by atoms with E-state index in [4.69, 9.17) is 0 Å². The normalized spacial score (nSPS) is 10.7. The Morgan fingerprint density at radius 3 is 2.31 bits per heavy atom. The van der Waals surface area contributed by atoms with E-state index in [1.54, 1.807) is 11.8 Å². The summed E-state index contributed by atoms with van der Waals surface area (Å²) < 4.78 is 2.12. The molecule has 3 aromatic carbocycles. The number of nitriles is 1. The molecule has 0 amide bonds. The van der Waals surface area contributed by atoms with Gasteiger partial charge in [-0.15, -0.1) is 0 Å². The summed E-state index contributed by atoms with van der Waals surface area (Å²) in [5, 5.41) is 10.1. The summed E-state index contributed by atoms with van der Waals surface area (Å²) in [4.78, 5) is 17.3. The zero-order chi connectivity index (χ0) is 22.5. The average molecular weight is 438 g/mol. The van der Waals surface area contributed by atoms with Crippen LogP contribution < -0.4 is 5.56 Å². The lowest BCUT2D eigenvalue weighted by Gasteiger charge is -2.18. The summed E-state index contributed by atoms with van der Waals surface area (Å²) in [6, 6.07) is 27.8. The van der Waals surface area contributed by atoms with Gasteiger partial charge < -0.3 is 4.57 Å². The van der Waals surface area contributed by atoms with Crippen molar-refractivity contribution < 1.29 is 0 Å². The van der Waals surface area contributed by atoms with Crippen LogP contribution in [0.4, 0.5) is 0 Å². The van der Waals surface area contributed by atoms with Gasteiger partial charge in [-0.3, -0.25) is 4.79 Å². The topological polar surface area (TPSA) is 58.7 Å². The highest BCUT2D eigenvalue weighted by Crippen LogP contribution is 2.26. The van der Waals surface area contributed by atoms with E-state index in [-0.39, 0.29) is 5.56 Å². The zero-order valence-electron chi connectivity index (χ0n) is 18.1. The molecule has 0 unspecified atom stereocenters. The molecule has 5 heteroatoms. The number of hydrogen-bond donors (Lipinski definition) is 0. The molecule has 0 saturated carbocycles. The van der Waals surface area contributed by atoms with Gasteiger partial charge in [0.2, 0.25) is 0 Å². The van der Waals surface area contributed by atoms with Crippen LogP contribution in [0.15, 0.2) is 88.8 Å². The van der Waals surface area contributed by atoms with Crippen molar-refractivity contribution in [2.45, 2.75) is 25.5 Å². The standard InChI is InChI=1S/C27H23N3OS/c1-3-32-27-29-26(31)25(22-9-5-4-6-10-22)19(2)30(27)18-20-13-15-21(16-14-20)24-12-8-7-11-23(24)17-28/h4-16H,3,18H2,1-2H3. The van der Waals surface area contributed by atoms with Gasteiger partial charge in [-0.05, 0) is 41.0 Å². The number of benzene rings is 3. The molecule has 4 aromatic rings. The molecule has 0 N–H and O–H groups in total. The summed E-state index contributed by atoms with van der Waals surface area (Å²) in [5.41, 5.74) is 5.95. The molecule has 0 aliphatic rings. The fraction of sp³-hybridized carbons (Fsp3) is 0.148. The van der Waals surface area contributed by atoms with Gasteiger partial charge in [0.25, 0.3) is 5.56 Å². The number of hydrogen-bond acceptors (Lipinski definition) is 4. The van der Waals surface area contributed by atoms with Crippen LogP contribution in [0, 0.1) is 18.3 Å². The minimum Gasteiger partial charge on any atom is -0.320 e. The molecule has 32 heavy (non-hydrogen) atoms. The Hall–Kier alpha value is -3.62. The summed E-state index contributed by atoms with van der Waals surface area (Å²) in [7, 11) is 0. The van der Waals surface area contributed by atoms with Crippen LogP contribution in [0.1, 0.15) is 23.7 Å². The van der Waals surface area contributed by atoms with Crippen LogP contribution in [-0.4, -0.2) is 15.3 Å². The van der Waals surface area contributed by atoms with Crippen LogP contribution in [0.25, 0.3) is 22.3 Å². The van der Waals surface area contributed by atoms with E-state index < -0.39 is 0 Å². The quantitative estimate of drug-likeness (QED) is 0.278. The minimum absolute atomic E-state index is 0.190. The number of aromatic nitrogens is 2. The fourth-order valence-corrected chi connectivity index (χ4v) is 4.57. The average Bonchev–Trinajstić information content (AvgIpc) is 2.83. The molecule has 0 bridgehead atoms. The van der Waals surface area contributed by atoms with Crippen LogP contribution >= 0.6 is 11.8 Å². The second-order valence-electron chi connectivity index (χ2n) is 7.40. The van der Waals surface area contributed by atoms with Crippen molar-refractivity contribution in [3.63, 3.8) is 0 Å². The van der Waals surface area contributed by atoms with Crippen molar-refractivity contribution in [2.24, 2.45) is 0 Å². The maximum Gasteiger partial charge on any atom is 0.281 e. The Kier molecular flexibility index (Phi) is 6.53. The molecule has 0 saturated heterocycles. The van der Waals surface area contributed by atoms with E-state index in [0.717, 1.165) is 38.9 Å². The molecular weight excluding hydrogens is 414 g/mol. The van der Waals surface area contributed by atoms with E-state index in [1.165, 1.54) is 0 Å². The maximum absolute atomic E-state index is 12.8. The van der Waals surface area contributed by atoms with E-state index in [9.17, 15) is 10.1 Å². The van der Waals surface area contributed by atoms with Gasteiger partial charge in [0.15, 0.2) is 5.16 Å². The Morgan fingerprint density at radius 2 is 1.62 bits per heavy atom. The number of nitrogens with zero attached hydrogens (tertiary/aromatic N) is 3. The molecule has 1 aromatic heterocycles. The van der Waals surface area contributed by atoms with Gasteiger partial charge in [0, 0.05) is 12.2 Å². The van der Waals surface area contributed by atoms with Gasteiger partial charge in [-0.25, -0.2) is 0 Å². The Labute approximate surface area is 192 Å². The highest BCUT2D eigenvalue weighted by Gasteiger charge is 2.16. The lowest BCUT2D eigenvalue weighted by Crippen LogP contribution is -2.21. The van der Waals surface area contributed by atoms with Crippen molar-refractivity contribution in [2.75, 3.05) is 5.75 Å². The Bertz CT molecular complexity index is 1340. The second kappa shape index (κ2) is 9.67. The number of rotatable bonds is 6. The lowest BCUT2D eigenvalue weighted by atomic mass is 9.99. The smallest absolute Gasteiger partial charge is 0.281 e. The molecule has 4 nitrogen and oxygen atoms in total. The zero-order valence-corrected chi connectivity index (χ0v) is 18.9. The third kappa shape index (κ3) is 4.37. The summed E-state index contributed by atoms with van der Waals surface area (Å²) >= 11 is 1.57. The van der Waals surface area contributed by atoms with Crippen molar-refractivity contribution in [1.29, 1.82) is 5.26 Å². The predicted octanol–water partition coefficient (Wildman–Crippen LogP) is 5.92. The first-order chi connectivity index (χ1) is 15.6. The van der Waals surface area contributed by atoms with E-state index in [2.05, 4.69) is 34.7 Å². The highest BCUT2D eigenvalue weighted by atomic mass is 32.2. The fourth-order valence-electron chi connectivity index (χ4n) is 3.80. The van der Waals surface area contributed by atoms with Crippen molar-refractivity contribution in [1.82, 2.24) is 9.55 Å². The predicted molar refractivity (Wildman–Crippen MR) is 131 cm³/mol. The molecular formula is C27H23N3OS. The Morgan fingerprint density at radius 1 is 0.938 bits per heavy atom.